The van der Waals surface area contributed by atoms with Crippen molar-refractivity contribution in [3.8, 4) is 0 Å². The van der Waals surface area contributed by atoms with Gasteiger partial charge < -0.3 is 14.8 Å². The van der Waals surface area contributed by atoms with Crippen LogP contribution in [0.2, 0.25) is 0 Å². The quantitative estimate of drug-likeness (QED) is 0.774. The van der Waals surface area contributed by atoms with E-state index in [0.717, 1.165) is 40.3 Å². The summed E-state index contributed by atoms with van der Waals surface area (Å²) in [6.45, 7) is 2.14. The zero-order valence-electron chi connectivity index (χ0n) is 13.8. The number of ether oxygens (including phenoxy) is 2. The van der Waals surface area contributed by atoms with E-state index in [9.17, 15) is 4.79 Å². The number of fused-ring (bicyclic) bond motifs is 1. The fourth-order valence-corrected chi connectivity index (χ4v) is 3.53. The first-order chi connectivity index (χ1) is 11.6. The van der Waals surface area contributed by atoms with Crippen LogP contribution in [-0.2, 0) is 9.47 Å². The molecule has 0 spiro atoms. The highest BCUT2D eigenvalue weighted by atomic mass is 79.9. The molecule has 128 valence electrons. The van der Waals surface area contributed by atoms with E-state index in [1.807, 2.05) is 18.2 Å². The van der Waals surface area contributed by atoms with Gasteiger partial charge in [-0.3, -0.25) is 4.98 Å². The second-order valence-corrected chi connectivity index (χ2v) is 6.86. The van der Waals surface area contributed by atoms with Crippen LogP contribution in [0.3, 0.4) is 0 Å². The lowest BCUT2D eigenvalue weighted by Crippen LogP contribution is -2.20. The van der Waals surface area contributed by atoms with Crippen molar-refractivity contribution in [1.82, 2.24) is 4.98 Å². The molecular formula is C18H21BrN2O3. The van der Waals surface area contributed by atoms with Gasteiger partial charge in [-0.1, -0.05) is 15.9 Å². The number of anilines is 1. The van der Waals surface area contributed by atoms with E-state index in [1.165, 1.54) is 0 Å². The number of esters is 1. The first-order valence-electron chi connectivity index (χ1n) is 8.17. The Hall–Kier alpha value is -1.66. The Morgan fingerprint density at radius 3 is 2.96 bits per heavy atom. The number of carbonyl (C=O) groups is 1. The third kappa shape index (κ3) is 3.54. The summed E-state index contributed by atoms with van der Waals surface area (Å²) >= 11 is 3.50. The number of benzene rings is 1. The van der Waals surface area contributed by atoms with Crippen molar-refractivity contribution in [2.75, 3.05) is 19.0 Å². The molecule has 6 heteroatoms. The second kappa shape index (κ2) is 7.49. The van der Waals surface area contributed by atoms with Crippen molar-refractivity contribution in [2.24, 2.45) is 0 Å². The number of halogens is 1. The fourth-order valence-electron chi connectivity index (χ4n) is 3.17. The number of hydrogen-bond donors (Lipinski definition) is 1. The minimum Gasteiger partial charge on any atom is -0.462 e. The standard InChI is InChI=1S/C18H21BrN2O3/c1-3-24-18(22)15-10-20-16-7-4-11(19)8-14(16)17(15)21-12-5-6-13(9-12)23-2/h4,7-8,10,12-13H,3,5-6,9H2,1-2H3,(H,20,21)/t12-,13-/m0/s1. The van der Waals surface area contributed by atoms with Crippen molar-refractivity contribution >= 4 is 38.5 Å². The average Bonchev–Trinajstić information content (AvgIpc) is 3.03. The molecule has 3 rings (SSSR count). The summed E-state index contributed by atoms with van der Waals surface area (Å²) in [5.41, 5.74) is 2.11. The predicted molar refractivity (Wildman–Crippen MR) is 97.5 cm³/mol. The molecule has 0 aliphatic heterocycles. The maximum absolute atomic E-state index is 12.3. The third-order valence-corrected chi connectivity index (χ3v) is 4.88. The molecule has 0 amide bonds. The van der Waals surface area contributed by atoms with Gasteiger partial charge in [-0.25, -0.2) is 4.79 Å². The van der Waals surface area contributed by atoms with Crippen molar-refractivity contribution in [3.63, 3.8) is 0 Å². The van der Waals surface area contributed by atoms with E-state index in [-0.39, 0.29) is 18.1 Å². The van der Waals surface area contributed by atoms with Crippen LogP contribution >= 0.6 is 15.9 Å². The van der Waals surface area contributed by atoms with Crippen LogP contribution in [0.4, 0.5) is 5.69 Å². The molecule has 2 atom stereocenters. The first kappa shape index (κ1) is 17.2. The number of carbonyl (C=O) groups excluding carboxylic acids is 1. The number of pyridine rings is 1. The zero-order valence-corrected chi connectivity index (χ0v) is 15.4. The molecule has 1 aromatic heterocycles. The number of nitrogens with one attached hydrogen (secondary N) is 1. The summed E-state index contributed by atoms with van der Waals surface area (Å²) in [5.74, 6) is -0.351. The summed E-state index contributed by atoms with van der Waals surface area (Å²) in [7, 11) is 1.75. The number of rotatable bonds is 5. The smallest absolute Gasteiger partial charge is 0.341 e. The van der Waals surface area contributed by atoms with Gasteiger partial charge in [0, 0.05) is 29.2 Å². The molecular weight excluding hydrogens is 372 g/mol. The van der Waals surface area contributed by atoms with Gasteiger partial charge >= 0.3 is 5.97 Å². The monoisotopic (exact) mass is 392 g/mol. The van der Waals surface area contributed by atoms with Crippen LogP contribution in [0.5, 0.6) is 0 Å². The average molecular weight is 393 g/mol. The highest BCUT2D eigenvalue weighted by Crippen LogP contribution is 2.32. The molecule has 1 fully saturated rings. The summed E-state index contributed by atoms with van der Waals surface area (Å²) in [5, 5.41) is 4.45. The topological polar surface area (TPSA) is 60.5 Å². The van der Waals surface area contributed by atoms with Gasteiger partial charge in [0.05, 0.1) is 23.9 Å². The Labute approximate surface area is 149 Å². The Morgan fingerprint density at radius 1 is 1.42 bits per heavy atom. The lowest BCUT2D eigenvalue weighted by Gasteiger charge is -2.19. The van der Waals surface area contributed by atoms with Crippen molar-refractivity contribution in [2.45, 2.75) is 38.3 Å². The van der Waals surface area contributed by atoms with E-state index < -0.39 is 0 Å². The zero-order chi connectivity index (χ0) is 17.1. The van der Waals surface area contributed by atoms with E-state index in [2.05, 4.69) is 26.2 Å². The highest BCUT2D eigenvalue weighted by molar-refractivity contribution is 9.10. The number of hydrogen-bond acceptors (Lipinski definition) is 5. The van der Waals surface area contributed by atoms with Gasteiger partial charge in [0.25, 0.3) is 0 Å². The SMILES string of the molecule is CCOC(=O)c1cnc2ccc(Br)cc2c1N[C@H]1CC[C@H](OC)C1. The van der Waals surface area contributed by atoms with Gasteiger partial charge in [0.2, 0.25) is 0 Å². The summed E-state index contributed by atoms with van der Waals surface area (Å²) in [4.78, 5) is 16.8. The van der Waals surface area contributed by atoms with E-state index in [1.54, 1.807) is 20.2 Å². The molecule has 1 aliphatic carbocycles. The molecule has 1 aromatic carbocycles. The van der Waals surface area contributed by atoms with E-state index in [0.29, 0.717) is 12.2 Å². The van der Waals surface area contributed by atoms with Crippen molar-refractivity contribution < 1.29 is 14.3 Å². The van der Waals surface area contributed by atoms with Crippen LogP contribution in [0.25, 0.3) is 10.9 Å². The Kier molecular flexibility index (Phi) is 5.36. The summed E-state index contributed by atoms with van der Waals surface area (Å²) in [6, 6.07) is 6.13. The fraction of sp³-hybridized carbons (Fsp3) is 0.444. The summed E-state index contributed by atoms with van der Waals surface area (Å²) in [6.07, 6.45) is 4.83. The molecule has 1 aliphatic rings. The van der Waals surface area contributed by atoms with Gasteiger partial charge in [-0.05, 0) is 44.4 Å². The second-order valence-electron chi connectivity index (χ2n) is 5.94. The van der Waals surface area contributed by atoms with E-state index in [4.69, 9.17) is 9.47 Å². The largest absolute Gasteiger partial charge is 0.462 e. The van der Waals surface area contributed by atoms with Crippen molar-refractivity contribution in [1.29, 1.82) is 0 Å². The highest BCUT2D eigenvalue weighted by Gasteiger charge is 2.26. The first-order valence-corrected chi connectivity index (χ1v) is 8.96. The number of aromatic nitrogens is 1. The van der Waals surface area contributed by atoms with Crippen molar-refractivity contribution in [3.05, 3.63) is 34.4 Å². The lowest BCUT2D eigenvalue weighted by molar-refractivity contribution is 0.0527. The maximum atomic E-state index is 12.3. The molecule has 5 nitrogen and oxygen atoms in total. The van der Waals surface area contributed by atoms with Gasteiger partial charge in [-0.15, -0.1) is 0 Å². The molecule has 0 saturated heterocycles. The lowest BCUT2D eigenvalue weighted by atomic mass is 10.1. The molecule has 1 N–H and O–H groups in total. The molecule has 0 radical (unpaired) electrons. The van der Waals surface area contributed by atoms with Crippen LogP contribution < -0.4 is 5.32 Å². The maximum Gasteiger partial charge on any atom is 0.341 e. The van der Waals surface area contributed by atoms with Gasteiger partial charge in [-0.2, -0.15) is 0 Å². The Bertz CT molecular complexity index is 750. The van der Waals surface area contributed by atoms with Crippen LogP contribution in [0.15, 0.2) is 28.9 Å². The minimum absolute atomic E-state index is 0.271. The molecule has 24 heavy (non-hydrogen) atoms. The normalized spacial score (nSPS) is 20.3. The van der Waals surface area contributed by atoms with Crippen LogP contribution in [0.1, 0.15) is 36.5 Å². The van der Waals surface area contributed by atoms with Gasteiger partial charge in [0.15, 0.2) is 0 Å². The van der Waals surface area contributed by atoms with Gasteiger partial charge in [0.1, 0.15) is 5.56 Å². The molecule has 1 saturated carbocycles. The predicted octanol–water partition coefficient (Wildman–Crippen LogP) is 4.15. The van der Waals surface area contributed by atoms with Crippen LogP contribution in [-0.4, -0.2) is 36.8 Å². The van der Waals surface area contributed by atoms with E-state index >= 15 is 0 Å². The number of methoxy groups -OCH3 is 1. The Morgan fingerprint density at radius 2 is 2.25 bits per heavy atom. The van der Waals surface area contributed by atoms with Crippen LogP contribution in [0, 0.1) is 0 Å². The third-order valence-electron chi connectivity index (χ3n) is 4.39. The Balaban J connectivity index is 2.02. The molecule has 0 bridgehead atoms. The molecule has 0 unspecified atom stereocenters. The number of nitrogens with zero attached hydrogens (tertiary/aromatic N) is 1. The molecule has 1 heterocycles. The molecule has 2 aromatic rings. The minimum atomic E-state index is -0.351. The summed E-state index contributed by atoms with van der Waals surface area (Å²) < 4.78 is 11.6.